The number of rotatable bonds is 6. The van der Waals surface area contributed by atoms with Gasteiger partial charge in [0.25, 0.3) is 5.91 Å². The molecule has 1 aromatic rings. The summed E-state index contributed by atoms with van der Waals surface area (Å²) in [6.45, 7) is 8.40. The van der Waals surface area contributed by atoms with Crippen LogP contribution in [0, 0.1) is 11.3 Å². The molecule has 1 aromatic heterocycles. The Hall–Kier alpha value is -0.940. The van der Waals surface area contributed by atoms with Crippen LogP contribution < -0.4 is 5.32 Å². The van der Waals surface area contributed by atoms with E-state index in [1.165, 1.54) is 11.3 Å². The number of carbonyl (C=O) groups is 1. The molecule has 20 heavy (non-hydrogen) atoms. The number of thiazole rings is 1. The monoisotopic (exact) mass is 296 g/mol. The lowest BCUT2D eigenvalue weighted by Gasteiger charge is -2.33. The normalized spacial score (nSPS) is 17.3. The van der Waals surface area contributed by atoms with Gasteiger partial charge in [-0.15, -0.1) is 11.3 Å². The van der Waals surface area contributed by atoms with E-state index in [1.54, 1.807) is 5.51 Å². The highest BCUT2D eigenvalue weighted by molar-refractivity contribution is 7.11. The average molecular weight is 296 g/mol. The van der Waals surface area contributed by atoms with E-state index in [4.69, 9.17) is 0 Å². The number of aliphatic hydroxyl groups excluding tert-OH is 1. The van der Waals surface area contributed by atoms with Crippen LogP contribution in [0.1, 0.15) is 61.8 Å². The van der Waals surface area contributed by atoms with E-state index in [-0.39, 0.29) is 17.2 Å². The van der Waals surface area contributed by atoms with Gasteiger partial charge in [0.1, 0.15) is 4.88 Å². The molecule has 2 N–H and O–H groups in total. The minimum atomic E-state index is -0.438. The van der Waals surface area contributed by atoms with Crippen molar-refractivity contribution in [1.82, 2.24) is 10.3 Å². The lowest BCUT2D eigenvalue weighted by Crippen LogP contribution is -2.43. The van der Waals surface area contributed by atoms with Crippen molar-refractivity contribution >= 4 is 17.2 Å². The Bertz CT molecular complexity index is 478. The minimum absolute atomic E-state index is 0.0570. The Morgan fingerprint density at radius 2 is 2.20 bits per heavy atom. The molecule has 2 rings (SSSR count). The fourth-order valence-electron chi connectivity index (χ4n) is 2.47. The minimum Gasteiger partial charge on any atom is -0.392 e. The second-order valence-electron chi connectivity index (χ2n) is 6.70. The van der Waals surface area contributed by atoms with Crippen LogP contribution >= 0.6 is 11.3 Å². The Balaban J connectivity index is 1.96. The molecule has 1 unspecified atom stereocenters. The van der Waals surface area contributed by atoms with Crippen LogP contribution in [0.15, 0.2) is 5.51 Å². The number of aromatic nitrogens is 1. The van der Waals surface area contributed by atoms with Crippen LogP contribution in [0.4, 0.5) is 0 Å². The topological polar surface area (TPSA) is 62.2 Å². The van der Waals surface area contributed by atoms with E-state index in [1.807, 2.05) is 27.7 Å². The van der Waals surface area contributed by atoms with Crippen LogP contribution in [-0.4, -0.2) is 28.6 Å². The molecule has 5 heteroatoms. The Kier molecular flexibility index (Phi) is 4.49. The molecular formula is C15H24N2O2S. The summed E-state index contributed by atoms with van der Waals surface area (Å²) < 4.78 is 0. The fourth-order valence-corrected chi connectivity index (χ4v) is 3.26. The average Bonchev–Trinajstić information content (AvgIpc) is 3.12. The summed E-state index contributed by atoms with van der Waals surface area (Å²) in [5, 5.41) is 13.1. The lowest BCUT2D eigenvalue weighted by molar-refractivity contribution is 0.0138. The van der Waals surface area contributed by atoms with Gasteiger partial charge in [0.2, 0.25) is 0 Å². The lowest BCUT2D eigenvalue weighted by atomic mass is 9.80. The van der Waals surface area contributed by atoms with Crippen molar-refractivity contribution < 1.29 is 9.90 Å². The molecule has 0 aromatic carbocycles. The van der Waals surface area contributed by atoms with Crippen molar-refractivity contribution in [2.75, 3.05) is 6.54 Å². The first-order chi connectivity index (χ1) is 9.33. The van der Waals surface area contributed by atoms with Gasteiger partial charge in [-0.2, -0.15) is 0 Å². The van der Waals surface area contributed by atoms with Crippen molar-refractivity contribution in [2.24, 2.45) is 11.3 Å². The first kappa shape index (κ1) is 15.4. The fraction of sp³-hybridized carbons (Fsp3) is 0.733. The van der Waals surface area contributed by atoms with Crippen molar-refractivity contribution in [1.29, 1.82) is 0 Å². The van der Waals surface area contributed by atoms with Crippen LogP contribution in [0.5, 0.6) is 0 Å². The maximum absolute atomic E-state index is 12.3. The van der Waals surface area contributed by atoms with Gasteiger partial charge < -0.3 is 10.4 Å². The highest BCUT2D eigenvalue weighted by Crippen LogP contribution is 2.41. The maximum Gasteiger partial charge on any atom is 0.263 e. The highest BCUT2D eigenvalue weighted by Gasteiger charge is 2.33. The number of nitrogens with zero attached hydrogens (tertiary/aromatic N) is 1. The molecule has 1 aliphatic rings. The summed E-state index contributed by atoms with van der Waals surface area (Å²) in [4.78, 5) is 17.3. The Labute approximate surface area is 124 Å². The molecular weight excluding hydrogens is 272 g/mol. The van der Waals surface area contributed by atoms with Crippen LogP contribution in [0.3, 0.4) is 0 Å². The largest absolute Gasteiger partial charge is 0.392 e. The molecule has 1 aliphatic carbocycles. The summed E-state index contributed by atoms with van der Waals surface area (Å²) in [7, 11) is 0. The van der Waals surface area contributed by atoms with Crippen molar-refractivity contribution in [3.8, 4) is 0 Å². The molecule has 0 spiro atoms. The molecule has 1 heterocycles. The zero-order valence-electron chi connectivity index (χ0n) is 12.6. The summed E-state index contributed by atoms with van der Waals surface area (Å²) in [6.07, 6.45) is 1.84. The molecule has 1 atom stereocenters. The third kappa shape index (κ3) is 3.38. The van der Waals surface area contributed by atoms with Gasteiger partial charge in [-0.1, -0.05) is 27.7 Å². The van der Waals surface area contributed by atoms with E-state index >= 15 is 0 Å². The molecule has 0 aliphatic heterocycles. The predicted molar refractivity (Wildman–Crippen MR) is 81.0 cm³/mol. The van der Waals surface area contributed by atoms with Crippen LogP contribution in [0.2, 0.25) is 0 Å². The third-order valence-electron chi connectivity index (χ3n) is 3.90. The first-order valence-electron chi connectivity index (χ1n) is 7.22. The smallest absolute Gasteiger partial charge is 0.263 e. The van der Waals surface area contributed by atoms with Crippen LogP contribution in [0.25, 0.3) is 0 Å². The summed E-state index contributed by atoms with van der Waals surface area (Å²) in [5.41, 5.74) is 2.36. The van der Waals surface area contributed by atoms with E-state index in [2.05, 4.69) is 10.3 Å². The maximum atomic E-state index is 12.3. The van der Waals surface area contributed by atoms with E-state index in [9.17, 15) is 9.90 Å². The van der Waals surface area contributed by atoms with Gasteiger partial charge in [-0.25, -0.2) is 4.98 Å². The second kappa shape index (κ2) is 5.82. The van der Waals surface area contributed by atoms with Gasteiger partial charge in [0.15, 0.2) is 0 Å². The van der Waals surface area contributed by atoms with E-state index in [0.717, 1.165) is 23.4 Å². The molecule has 0 saturated heterocycles. The van der Waals surface area contributed by atoms with Gasteiger partial charge in [0, 0.05) is 17.9 Å². The summed E-state index contributed by atoms with van der Waals surface area (Å²) in [6, 6.07) is 0. The van der Waals surface area contributed by atoms with Crippen molar-refractivity contribution in [3.63, 3.8) is 0 Å². The second-order valence-corrected chi connectivity index (χ2v) is 7.56. The van der Waals surface area contributed by atoms with Gasteiger partial charge in [0.05, 0.1) is 17.3 Å². The van der Waals surface area contributed by atoms with Crippen LogP contribution in [-0.2, 0) is 0 Å². The Morgan fingerprint density at radius 3 is 2.75 bits per heavy atom. The Morgan fingerprint density at radius 1 is 1.55 bits per heavy atom. The summed E-state index contributed by atoms with van der Waals surface area (Å²) >= 11 is 1.41. The van der Waals surface area contributed by atoms with Crippen molar-refractivity contribution in [2.45, 2.75) is 52.6 Å². The van der Waals surface area contributed by atoms with E-state index in [0.29, 0.717) is 12.5 Å². The van der Waals surface area contributed by atoms with E-state index < -0.39 is 6.10 Å². The zero-order chi connectivity index (χ0) is 14.9. The number of hydrogen-bond acceptors (Lipinski definition) is 4. The number of carbonyl (C=O) groups excluding carboxylic acids is 1. The van der Waals surface area contributed by atoms with Gasteiger partial charge >= 0.3 is 0 Å². The molecule has 4 nitrogen and oxygen atoms in total. The first-order valence-corrected chi connectivity index (χ1v) is 8.10. The quantitative estimate of drug-likeness (QED) is 0.848. The van der Waals surface area contributed by atoms with Crippen molar-refractivity contribution in [3.05, 3.63) is 16.1 Å². The molecule has 1 fully saturated rings. The molecule has 112 valence electrons. The molecule has 0 radical (unpaired) electrons. The SMILES string of the molecule is CC(C)C(O)C(C)(C)CNC(=O)c1scnc1C1CC1. The number of amides is 1. The highest BCUT2D eigenvalue weighted by atomic mass is 32.1. The number of nitrogens with one attached hydrogen (secondary N) is 1. The number of hydrogen-bond donors (Lipinski definition) is 2. The molecule has 0 bridgehead atoms. The molecule has 1 amide bonds. The summed E-state index contributed by atoms with van der Waals surface area (Å²) in [5.74, 6) is 0.599. The van der Waals surface area contributed by atoms with Gasteiger partial charge in [-0.05, 0) is 18.8 Å². The zero-order valence-corrected chi connectivity index (χ0v) is 13.5. The standard InChI is InChI=1S/C15H24N2O2S/c1-9(2)13(18)15(3,4)7-16-14(19)12-11(10-5-6-10)17-8-20-12/h8-10,13,18H,5-7H2,1-4H3,(H,16,19). The predicted octanol–water partition coefficient (Wildman–Crippen LogP) is 2.79. The third-order valence-corrected chi connectivity index (χ3v) is 4.74. The van der Waals surface area contributed by atoms with Gasteiger partial charge in [-0.3, -0.25) is 4.79 Å². The molecule has 1 saturated carbocycles. The number of aliphatic hydroxyl groups is 1.